The highest BCUT2D eigenvalue weighted by Gasteiger charge is 2.46. The fourth-order valence-corrected chi connectivity index (χ4v) is 3.88. The number of hydrogen-bond acceptors (Lipinski definition) is 2. The summed E-state index contributed by atoms with van der Waals surface area (Å²) < 4.78 is 79.4. The lowest BCUT2D eigenvalue weighted by Gasteiger charge is -2.37. The molecule has 3 rings (SSSR count). The fourth-order valence-electron chi connectivity index (χ4n) is 3.88. The highest BCUT2D eigenvalue weighted by atomic mass is 19.4. The van der Waals surface area contributed by atoms with Crippen LogP contribution in [0.2, 0.25) is 0 Å². The van der Waals surface area contributed by atoms with E-state index < -0.39 is 30.0 Å². The Morgan fingerprint density at radius 3 is 2.13 bits per heavy atom. The number of carbonyl (C=O) groups is 1. The molecule has 168 valence electrons. The van der Waals surface area contributed by atoms with Crippen molar-refractivity contribution in [1.82, 2.24) is 4.90 Å². The van der Waals surface area contributed by atoms with Gasteiger partial charge in [0.1, 0.15) is 0 Å². The third-order valence-corrected chi connectivity index (χ3v) is 5.48. The van der Waals surface area contributed by atoms with Gasteiger partial charge in [0.15, 0.2) is 0 Å². The van der Waals surface area contributed by atoms with Gasteiger partial charge in [-0.25, -0.2) is 4.90 Å². The van der Waals surface area contributed by atoms with E-state index in [9.17, 15) is 31.1 Å². The van der Waals surface area contributed by atoms with Crippen LogP contribution in [0.1, 0.15) is 41.6 Å². The van der Waals surface area contributed by atoms with Gasteiger partial charge in [0.25, 0.3) is 5.91 Å². The predicted molar refractivity (Wildman–Crippen MR) is 104 cm³/mol. The smallest absolute Gasteiger partial charge is 0.385 e. The molecule has 1 aliphatic rings. The quantitative estimate of drug-likeness (QED) is 0.431. The van der Waals surface area contributed by atoms with Crippen molar-refractivity contribution < 1.29 is 31.1 Å². The van der Waals surface area contributed by atoms with E-state index in [4.69, 9.17) is 0 Å². The average molecular weight is 444 g/mol. The Kier molecular flexibility index (Phi) is 6.81. The molecule has 3 nitrogen and oxygen atoms in total. The van der Waals surface area contributed by atoms with Crippen molar-refractivity contribution in [2.45, 2.75) is 44.2 Å². The van der Waals surface area contributed by atoms with Crippen molar-refractivity contribution in [3.05, 3.63) is 65.7 Å². The number of carbonyl (C=O) groups excluding carboxylic acids is 1. The van der Waals surface area contributed by atoms with Crippen molar-refractivity contribution in [1.29, 1.82) is 0 Å². The Balaban J connectivity index is 1.59. The number of hydrogen-bond donors (Lipinski definition) is 1. The molecule has 0 aromatic heterocycles. The number of alkyl halides is 6. The molecule has 1 aliphatic carbocycles. The minimum absolute atomic E-state index is 0.00713. The van der Waals surface area contributed by atoms with E-state index in [1.165, 1.54) is 36.4 Å². The highest BCUT2D eigenvalue weighted by Crippen LogP contribution is 2.35. The molecule has 0 bridgehead atoms. The second-order valence-corrected chi connectivity index (χ2v) is 7.64. The first-order chi connectivity index (χ1) is 14.6. The number of halogens is 6. The van der Waals surface area contributed by atoms with Gasteiger partial charge >= 0.3 is 12.5 Å². The second kappa shape index (κ2) is 9.20. The molecule has 2 aromatic rings. The SMILES string of the molecule is O=C(c1ccccc1)N(C1CCC(CNc2cccc(C(F)(F)F)c2)CC1)C(F)(F)F. The lowest BCUT2D eigenvalue weighted by molar-refractivity contribution is -0.239. The van der Waals surface area contributed by atoms with Gasteiger partial charge in [0.05, 0.1) is 5.56 Å². The van der Waals surface area contributed by atoms with Crippen molar-refractivity contribution in [2.75, 3.05) is 11.9 Å². The number of rotatable bonds is 5. The maximum Gasteiger partial charge on any atom is 0.487 e. The van der Waals surface area contributed by atoms with E-state index in [1.807, 2.05) is 0 Å². The molecule has 9 heteroatoms. The minimum Gasteiger partial charge on any atom is -0.385 e. The van der Waals surface area contributed by atoms with E-state index in [1.54, 1.807) is 6.07 Å². The van der Waals surface area contributed by atoms with E-state index in [-0.39, 0.29) is 29.2 Å². The molecule has 31 heavy (non-hydrogen) atoms. The summed E-state index contributed by atoms with van der Waals surface area (Å²) in [6, 6.07) is 11.2. The molecule has 0 saturated heterocycles. The number of benzene rings is 2. The first-order valence-electron chi connectivity index (χ1n) is 9.92. The van der Waals surface area contributed by atoms with Gasteiger partial charge < -0.3 is 5.32 Å². The van der Waals surface area contributed by atoms with Crippen LogP contribution in [0.3, 0.4) is 0 Å². The Morgan fingerprint density at radius 2 is 1.55 bits per heavy atom. The molecular weight excluding hydrogens is 422 g/mol. The molecule has 0 unspecified atom stereocenters. The van der Waals surface area contributed by atoms with Crippen molar-refractivity contribution >= 4 is 11.6 Å². The third kappa shape index (κ3) is 5.92. The summed E-state index contributed by atoms with van der Waals surface area (Å²) in [7, 11) is 0. The second-order valence-electron chi connectivity index (χ2n) is 7.64. The number of nitrogens with zero attached hydrogens (tertiary/aromatic N) is 1. The first kappa shape index (κ1) is 23.0. The molecule has 2 aromatic carbocycles. The van der Waals surface area contributed by atoms with E-state index in [2.05, 4.69) is 5.32 Å². The summed E-state index contributed by atoms with van der Waals surface area (Å²) in [4.78, 5) is 12.5. The molecular formula is C22H22F6N2O. The summed E-state index contributed by atoms with van der Waals surface area (Å²) in [5, 5.41) is 2.95. The Bertz CT molecular complexity index is 874. The van der Waals surface area contributed by atoms with Crippen LogP contribution >= 0.6 is 0 Å². The van der Waals surface area contributed by atoms with Crippen LogP contribution in [-0.4, -0.2) is 29.7 Å². The van der Waals surface area contributed by atoms with Gasteiger partial charge in [-0.15, -0.1) is 13.2 Å². The Hall–Kier alpha value is -2.71. The summed E-state index contributed by atoms with van der Waals surface area (Å²) in [6.07, 6.45) is -8.01. The first-order valence-corrected chi connectivity index (χ1v) is 9.92. The maximum atomic E-state index is 13.6. The van der Waals surface area contributed by atoms with Gasteiger partial charge in [-0.05, 0) is 61.9 Å². The molecule has 0 aliphatic heterocycles. The summed E-state index contributed by atoms with van der Waals surface area (Å²) in [5.74, 6) is -1.06. The topological polar surface area (TPSA) is 32.3 Å². The van der Waals surface area contributed by atoms with Gasteiger partial charge in [0, 0.05) is 23.8 Å². The van der Waals surface area contributed by atoms with Gasteiger partial charge in [0.2, 0.25) is 0 Å². The molecule has 1 saturated carbocycles. The lowest BCUT2D eigenvalue weighted by Crippen LogP contribution is -2.50. The van der Waals surface area contributed by atoms with Gasteiger partial charge in [-0.1, -0.05) is 24.3 Å². The zero-order chi connectivity index (χ0) is 22.6. The van der Waals surface area contributed by atoms with E-state index in [0.29, 0.717) is 25.1 Å². The standard InChI is InChI=1S/C22H22F6N2O/c23-21(24,25)17-7-4-8-18(13-17)29-14-15-9-11-19(12-10-15)30(22(26,27)28)20(31)16-5-2-1-3-6-16/h1-8,13,15,19,29H,9-12,14H2. The fraction of sp³-hybridized carbons (Fsp3) is 0.409. The van der Waals surface area contributed by atoms with Crippen LogP contribution in [0.5, 0.6) is 0 Å². The van der Waals surface area contributed by atoms with E-state index >= 15 is 0 Å². The van der Waals surface area contributed by atoms with Crippen LogP contribution in [0.4, 0.5) is 32.0 Å². The van der Waals surface area contributed by atoms with Crippen LogP contribution in [0.15, 0.2) is 54.6 Å². The lowest BCUT2D eigenvalue weighted by atomic mass is 9.85. The van der Waals surface area contributed by atoms with Crippen molar-refractivity contribution in [3.63, 3.8) is 0 Å². The molecule has 1 fully saturated rings. The maximum absolute atomic E-state index is 13.6. The van der Waals surface area contributed by atoms with Crippen LogP contribution < -0.4 is 5.32 Å². The zero-order valence-corrected chi connectivity index (χ0v) is 16.5. The molecule has 0 radical (unpaired) electrons. The average Bonchev–Trinajstić information content (AvgIpc) is 2.72. The summed E-state index contributed by atoms with van der Waals surface area (Å²) in [5.41, 5.74) is -0.470. The molecule has 1 amide bonds. The number of amides is 1. The Labute approximate surface area is 176 Å². The normalized spacial score (nSPS) is 19.7. The van der Waals surface area contributed by atoms with Crippen LogP contribution in [-0.2, 0) is 6.18 Å². The highest BCUT2D eigenvalue weighted by molar-refractivity contribution is 5.94. The molecule has 0 atom stereocenters. The van der Waals surface area contributed by atoms with Crippen molar-refractivity contribution in [2.24, 2.45) is 5.92 Å². The summed E-state index contributed by atoms with van der Waals surface area (Å²) in [6.45, 7) is 0.354. The van der Waals surface area contributed by atoms with E-state index in [0.717, 1.165) is 12.1 Å². The van der Waals surface area contributed by atoms with Crippen molar-refractivity contribution in [3.8, 4) is 0 Å². The number of anilines is 1. The zero-order valence-electron chi connectivity index (χ0n) is 16.5. The van der Waals surface area contributed by atoms with Crippen LogP contribution in [0, 0.1) is 5.92 Å². The Morgan fingerprint density at radius 1 is 0.903 bits per heavy atom. The largest absolute Gasteiger partial charge is 0.487 e. The predicted octanol–water partition coefficient (Wildman–Crippen LogP) is 6.34. The molecule has 1 N–H and O–H groups in total. The van der Waals surface area contributed by atoms with Gasteiger partial charge in [-0.2, -0.15) is 13.2 Å². The minimum atomic E-state index is -4.79. The number of nitrogens with one attached hydrogen (secondary N) is 1. The monoisotopic (exact) mass is 444 g/mol. The van der Waals surface area contributed by atoms with Crippen LogP contribution in [0.25, 0.3) is 0 Å². The third-order valence-electron chi connectivity index (χ3n) is 5.48. The molecule has 0 heterocycles. The summed E-state index contributed by atoms with van der Waals surface area (Å²) >= 11 is 0. The molecule has 0 spiro atoms. The van der Waals surface area contributed by atoms with Gasteiger partial charge in [-0.3, -0.25) is 4.79 Å².